The third kappa shape index (κ3) is 5.70. The van der Waals surface area contributed by atoms with Crippen molar-refractivity contribution in [3.05, 3.63) is 88.4 Å². The van der Waals surface area contributed by atoms with E-state index in [1.54, 1.807) is 16.9 Å². The quantitative estimate of drug-likeness (QED) is 0.324. The van der Waals surface area contributed by atoms with Crippen LogP contribution < -0.4 is 10.1 Å². The van der Waals surface area contributed by atoms with Crippen LogP contribution in [-0.4, -0.2) is 32.0 Å². The van der Waals surface area contributed by atoms with Gasteiger partial charge in [0.2, 0.25) is 0 Å². The van der Waals surface area contributed by atoms with Gasteiger partial charge in [0.1, 0.15) is 11.4 Å². The lowest BCUT2D eigenvalue weighted by atomic mass is 10.1. The van der Waals surface area contributed by atoms with Crippen molar-refractivity contribution in [3.8, 4) is 16.9 Å². The fourth-order valence-electron chi connectivity index (χ4n) is 3.48. The Kier molecular flexibility index (Phi) is 7.24. The number of amides is 1. The minimum Gasteiger partial charge on any atom is -0.471 e. The van der Waals surface area contributed by atoms with E-state index in [1.807, 2.05) is 61.0 Å². The van der Waals surface area contributed by atoms with Crippen LogP contribution in [0.15, 0.2) is 71.3 Å². The molecule has 4 rings (SSSR count). The predicted molar refractivity (Wildman–Crippen MR) is 131 cm³/mol. The number of halogens is 1. The van der Waals surface area contributed by atoms with Gasteiger partial charge in [-0.05, 0) is 65.5 Å². The highest BCUT2D eigenvalue weighted by Gasteiger charge is 2.11. The van der Waals surface area contributed by atoms with E-state index in [1.165, 1.54) is 0 Å². The minimum atomic E-state index is -0.199. The molecule has 0 atom stereocenters. The summed E-state index contributed by atoms with van der Waals surface area (Å²) in [7, 11) is 0. The van der Waals surface area contributed by atoms with Gasteiger partial charge in [-0.1, -0.05) is 42.5 Å². The molecule has 1 N–H and O–H groups in total. The molecule has 0 aliphatic carbocycles. The summed E-state index contributed by atoms with van der Waals surface area (Å²) < 4.78 is 10.4. The molecule has 33 heavy (non-hydrogen) atoms. The topological polar surface area (TPSA) is 74.0 Å². The number of carbonyl (C=O) groups is 1. The van der Waals surface area contributed by atoms with Crippen LogP contribution in [0.1, 0.15) is 28.3 Å². The lowest BCUT2D eigenvalue weighted by molar-refractivity contribution is 0.0945. The van der Waals surface area contributed by atoms with Gasteiger partial charge in [0.25, 0.3) is 5.91 Å². The van der Waals surface area contributed by atoms with E-state index < -0.39 is 0 Å². The second kappa shape index (κ2) is 10.5. The number of nitrogens with zero attached hydrogens (tertiary/aromatic N) is 4. The SMILES string of the molecule is Cc1nn(CCCNC(=O)c2ccn(COc3ccc(-c4ccccc4)cc3)n2)c(C)c1Br. The Morgan fingerprint density at radius 1 is 1.00 bits per heavy atom. The van der Waals surface area contributed by atoms with Crippen molar-refractivity contribution < 1.29 is 9.53 Å². The van der Waals surface area contributed by atoms with Crippen LogP contribution in [0, 0.1) is 13.8 Å². The van der Waals surface area contributed by atoms with Gasteiger partial charge in [0.05, 0.1) is 10.2 Å². The molecule has 1 amide bonds. The molecule has 0 spiro atoms. The average molecular weight is 508 g/mol. The number of benzene rings is 2. The molecule has 0 fully saturated rings. The summed E-state index contributed by atoms with van der Waals surface area (Å²) in [6, 6.07) is 19.8. The Balaban J connectivity index is 1.23. The largest absolute Gasteiger partial charge is 0.471 e. The van der Waals surface area contributed by atoms with E-state index in [4.69, 9.17) is 4.74 Å². The number of ether oxygens (including phenoxy) is 1. The van der Waals surface area contributed by atoms with Crippen LogP contribution in [0.3, 0.4) is 0 Å². The molecule has 170 valence electrons. The van der Waals surface area contributed by atoms with Crippen LogP contribution in [-0.2, 0) is 13.3 Å². The van der Waals surface area contributed by atoms with Crippen LogP contribution >= 0.6 is 15.9 Å². The molecule has 4 aromatic rings. The summed E-state index contributed by atoms with van der Waals surface area (Å²) in [5, 5.41) is 11.7. The lowest BCUT2D eigenvalue weighted by Gasteiger charge is -2.08. The molecule has 0 unspecified atom stereocenters. The maximum atomic E-state index is 12.4. The van der Waals surface area contributed by atoms with E-state index in [9.17, 15) is 4.79 Å². The molecule has 0 aliphatic heterocycles. The van der Waals surface area contributed by atoms with E-state index >= 15 is 0 Å². The first-order valence-electron chi connectivity index (χ1n) is 10.8. The predicted octanol–water partition coefficient (Wildman–Crippen LogP) is 4.98. The Morgan fingerprint density at radius 3 is 2.42 bits per heavy atom. The molecular formula is C25H26BrN5O2. The van der Waals surface area contributed by atoms with Gasteiger partial charge in [0, 0.05) is 25.0 Å². The Morgan fingerprint density at radius 2 is 1.73 bits per heavy atom. The number of hydrogen-bond acceptors (Lipinski definition) is 4. The first kappa shape index (κ1) is 22.8. The summed E-state index contributed by atoms with van der Waals surface area (Å²) in [6.07, 6.45) is 2.52. The molecule has 2 aromatic heterocycles. The van der Waals surface area contributed by atoms with Crippen LogP contribution in [0.5, 0.6) is 5.75 Å². The van der Waals surface area contributed by atoms with Gasteiger partial charge in [-0.25, -0.2) is 4.68 Å². The van der Waals surface area contributed by atoms with E-state index in [0.29, 0.717) is 12.2 Å². The van der Waals surface area contributed by atoms with Gasteiger partial charge in [-0.2, -0.15) is 10.2 Å². The number of hydrogen-bond donors (Lipinski definition) is 1. The third-order valence-electron chi connectivity index (χ3n) is 5.32. The number of rotatable bonds is 9. The van der Waals surface area contributed by atoms with Crippen molar-refractivity contribution in [3.63, 3.8) is 0 Å². The standard InChI is InChI=1S/C25H26BrN5O2/c1-18-24(26)19(2)31(28-18)15-6-14-27-25(32)23-13-16-30(29-23)17-33-22-11-9-21(10-12-22)20-7-4-3-5-8-20/h3-5,7-13,16H,6,14-15,17H2,1-2H3,(H,27,32). The normalized spacial score (nSPS) is 10.9. The van der Waals surface area contributed by atoms with E-state index in [2.05, 4.69) is 43.6 Å². The maximum absolute atomic E-state index is 12.4. The number of carbonyl (C=O) groups excluding carboxylic acids is 1. The average Bonchev–Trinajstić information content (AvgIpc) is 3.42. The minimum absolute atomic E-state index is 0.199. The van der Waals surface area contributed by atoms with Crippen LogP contribution in [0.2, 0.25) is 0 Å². The van der Waals surface area contributed by atoms with Crippen molar-refractivity contribution >= 4 is 21.8 Å². The highest BCUT2D eigenvalue weighted by Crippen LogP contribution is 2.22. The molecule has 2 aromatic carbocycles. The van der Waals surface area contributed by atoms with Gasteiger partial charge in [0.15, 0.2) is 6.73 Å². The third-order valence-corrected chi connectivity index (χ3v) is 6.47. The summed E-state index contributed by atoms with van der Waals surface area (Å²) >= 11 is 3.53. The second-order valence-corrected chi connectivity index (χ2v) is 8.51. The summed E-state index contributed by atoms with van der Waals surface area (Å²) in [5.41, 5.74) is 4.72. The van der Waals surface area contributed by atoms with E-state index in [-0.39, 0.29) is 12.6 Å². The molecule has 2 heterocycles. The second-order valence-electron chi connectivity index (χ2n) is 7.72. The first-order valence-corrected chi connectivity index (χ1v) is 11.6. The lowest BCUT2D eigenvalue weighted by Crippen LogP contribution is -2.26. The molecule has 0 bridgehead atoms. The van der Waals surface area contributed by atoms with Crippen molar-refractivity contribution in [2.24, 2.45) is 0 Å². The van der Waals surface area contributed by atoms with Gasteiger partial charge in [-0.15, -0.1) is 0 Å². The zero-order valence-corrected chi connectivity index (χ0v) is 20.2. The zero-order valence-electron chi connectivity index (χ0n) is 18.7. The molecule has 0 radical (unpaired) electrons. The highest BCUT2D eigenvalue weighted by molar-refractivity contribution is 9.10. The summed E-state index contributed by atoms with van der Waals surface area (Å²) in [4.78, 5) is 12.4. The maximum Gasteiger partial charge on any atom is 0.271 e. The van der Waals surface area contributed by atoms with Crippen LogP contribution in [0.25, 0.3) is 11.1 Å². The molecule has 8 heteroatoms. The monoisotopic (exact) mass is 507 g/mol. The Hall–Kier alpha value is -3.39. The van der Waals surface area contributed by atoms with Crippen molar-refractivity contribution in [2.45, 2.75) is 33.5 Å². The van der Waals surface area contributed by atoms with Gasteiger partial charge >= 0.3 is 0 Å². The van der Waals surface area contributed by atoms with Crippen molar-refractivity contribution in [1.29, 1.82) is 0 Å². The first-order chi connectivity index (χ1) is 16.0. The fraction of sp³-hybridized carbons (Fsp3) is 0.240. The molecule has 0 saturated carbocycles. The Bertz CT molecular complexity index is 1220. The molecule has 7 nitrogen and oxygen atoms in total. The van der Waals surface area contributed by atoms with Gasteiger partial charge in [-0.3, -0.25) is 9.48 Å². The van der Waals surface area contributed by atoms with E-state index in [0.717, 1.165) is 45.7 Å². The molecule has 0 saturated heterocycles. The number of aryl methyl sites for hydroxylation is 2. The fourth-order valence-corrected chi connectivity index (χ4v) is 3.77. The summed E-state index contributed by atoms with van der Waals surface area (Å²) in [5.74, 6) is 0.544. The molecular weight excluding hydrogens is 482 g/mol. The number of nitrogens with one attached hydrogen (secondary N) is 1. The highest BCUT2D eigenvalue weighted by atomic mass is 79.9. The zero-order chi connectivity index (χ0) is 23.2. The number of aromatic nitrogens is 4. The van der Waals surface area contributed by atoms with Crippen molar-refractivity contribution in [2.75, 3.05) is 6.54 Å². The molecule has 0 aliphatic rings. The summed E-state index contributed by atoms with van der Waals surface area (Å²) in [6.45, 7) is 5.50. The smallest absolute Gasteiger partial charge is 0.271 e. The Labute approximate surface area is 201 Å². The van der Waals surface area contributed by atoms with Gasteiger partial charge < -0.3 is 10.1 Å². The van der Waals surface area contributed by atoms with Crippen LogP contribution in [0.4, 0.5) is 0 Å². The van der Waals surface area contributed by atoms with Crippen molar-refractivity contribution in [1.82, 2.24) is 24.9 Å².